The molecule has 6 heteroatoms. The molecular formula is C20H19ClN4O. The first-order valence-electron chi connectivity index (χ1n) is 8.09. The Balaban J connectivity index is 1.65. The van der Waals surface area contributed by atoms with Crippen LogP contribution in [0.5, 0.6) is 0 Å². The van der Waals surface area contributed by atoms with Crippen LogP contribution in [-0.4, -0.2) is 25.0 Å². The van der Waals surface area contributed by atoms with Gasteiger partial charge in [-0.3, -0.25) is 4.79 Å². The molecule has 0 saturated carbocycles. The summed E-state index contributed by atoms with van der Waals surface area (Å²) in [6.07, 6.45) is 1.62. The van der Waals surface area contributed by atoms with Crippen molar-refractivity contribution in [3.63, 3.8) is 0 Å². The summed E-state index contributed by atoms with van der Waals surface area (Å²) in [5.41, 5.74) is 3.77. The van der Waals surface area contributed by atoms with E-state index in [1.165, 1.54) is 0 Å². The lowest BCUT2D eigenvalue weighted by Gasteiger charge is -2.13. The van der Waals surface area contributed by atoms with Crippen LogP contribution >= 0.6 is 11.6 Å². The molecule has 1 aromatic heterocycles. The molecule has 0 aliphatic rings. The van der Waals surface area contributed by atoms with Crippen LogP contribution in [0.2, 0.25) is 5.02 Å². The Labute approximate surface area is 157 Å². The maximum Gasteiger partial charge on any atom is 0.274 e. The molecule has 0 aliphatic heterocycles. The van der Waals surface area contributed by atoms with Crippen LogP contribution in [0.3, 0.4) is 0 Å². The van der Waals surface area contributed by atoms with Gasteiger partial charge in [-0.2, -0.15) is 0 Å². The van der Waals surface area contributed by atoms with Crippen LogP contribution in [0, 0.1) is 0 Å². The number of pyridine rings is 1. The van der Waals surface area contributed by atoms with Gasteiger partial charge < -0.3 is 15.5 Å². The molecule has 0 spiro atoms. The van der Waals surface area contributed by atoms with E-state index in [9.17, 15) is 4.79 Å². The number of carbonyl (C=O) groups excluding carboxylic acids is 1. The lowest BCUT2D eigenvalue weighted by molar-refractivity contribution is 0.102. The fourth-order valence-corrected chi connectivity index (χ4v) is 2.56. The molecule has 2 aromatic carbocycles. The minimum Gasteiger partial charge on any atom is -0.378 e. The molecule has 0 fully saturated rings. The first kappa shape index (κ1) is 17.8. The Bertz CT molecular complexity index is 892. The maximum absolute atomic E-state index is 12.3. The van der Waals surface area contributed by atoms with Crippen LogP contribution < -0.4 is 15.5 Å². The number of halogens is 1. The van der Waals surface area contributed by atoms with Crippen LogP contribution in [0.1, 0.15) is 10.5 Å². The molecule has 1 amide bonds. The molecule has 26 heavy (non-hydrogen) atoms. The third-order valence-corrected chi connectivity index (χ3v) is 3.99. The smallest absolute Gasteiger partial charge is 0.274 e. The number of amides is 1. The fraction of sp³-hybridized carbons (Fsp3) is 0.100. The largest absolute Gasteiger partial charge is 0.378 e. The Hall–Kier alpha value is -3.05. The Morgan fingerprint density at radius 1 is 0.962 bits per heavy atom. The van der Waals surface area contributed by atoms with Gasteiger partial charge >= 0.3 is 0 Å². The first-order valence-corrected chi connectivity index (χ1v) is 8.46. The molecule has 0 radical (unpaired) electrons. The molecule has 1 heterocycles. The predicted octanol–water partition coefficient (Wildman–Crippen LogP) is 4.80. The number of hydrogen-bond donors (Lipinski definition) is 2. The quantitative estimate of drug-likeness (QED) is 0.681. The highest BCUT2D eigenvalue weighted by Crippen LogP contribution is 2.20. The number of carbonyl (C=O) groups is 1. The van der Waals surface area contributed by atoms with Crippen molar-refractivity contribution >= 4 is 40.3 Å². The van der Waals surface area contributed by atoms with Gasteiger partial charge in [0, 0.05) is 36.2 Å². The van der Waals surface area contributed by atoms with E-state index in [1.807, 2.05) is 67.5 Å². The van der Waals surface area contributed by atoms with E-state index in [4.69, 9.17) is 11.6 Å². The second-order valence-electron chi connectivity index (χ2n) is 5.96. The standard InChI is InChI=1S/C20H19ClN4O/c1-25(2)18-9-6-15(7-10-18)24-20(26)19-11-8-17(13-22-19)23-16-5-3-4-14(21)12-16/h3-13,23H,1-2H3,(H,24,26). The molecule has 132 valence electrons. The zero-order valence-corrected chi connectivity index (χ0v) is 15.3. The van der Waals surface area contributed by atoms with Gasteiger partial charge in [0.1, 0.15) is 5.69 Å². The van der Waals surface area contributed by atoms with Gasteiger partial charge in [-0.1, -0.05) is 17.7 Å². The Morgan fingerprint density at radius 3 is 2.31 bits per heavy atom. The monoisotopic (exact) mass is 366 g/mol. The summed E-state index contributed by atoms with van der Waals surface area (Å²) in [5, 5.41) is 6.69. The summed E-state index contributed by atoms with van der Waals surface area (Å²) in [6, 6.07) is 18.5. The summed E-state index contributed by atoms with van der Waals surface area (Å²) in [5.74, 6) is -0.253. The van der Waals surface area contributed by atoms with Crippen molar-refractivity contribution in [3.05, 3.63) is 77.6 Å². The lowest BCUT2D eigenvalue weighted by atomic mass is 10.2. The van der Waals surface area contributed by atoms with Gasteiger partial charge in [0.2, 0.25) is 0 Å². The second-order valence-corrected chi connectivity index (χ2v) is 6.40. The van der Waals surface area contributed by atoms with E-state index < -0.39 is 0 Å². The molecule has 3 aromatic rings. The van der Waals surface area contributed by atoms with Crippen molar-refractivity contribution < 1.29 is 4.79 Å². The summed E-state index contributed by atoms with van der Waals surface area (Å²) in [6.45, 7) is 0. The number of rotatable bonds is 5. The van der Waals surface area contributed by atoms with Crippen LogP contribution in [0.4, 0.5) is 22.7 Å². The highest BCUT2D eigenvalue weighted by atomic mass is 35.5. The molecule has 0 atom stereocenters. The summed E-state index contributed by atoms with van der Waals surface area (Å²) < 4.78 is 0. The third kappa shape index (κ3) is 4.52. The van der Waals surface area contributed by atoms with Gasteiger partial charge in [-0.15, -0.1) is 0 Å². The minimum absolute atomic E-state index is 0.253. The predicted molar refractivity (Wildman–Crippen MR) is 108 cm³/mol. The molecule has 5 nitrogen and oxygen atoms in total. The summed E-state index contributed by atoms with van der Waals surface area (Å²) >= 11 is 5.97. The zero-order chi connectivity index (χ0) is 18.5. The normalized spacial score (nSPS) is 10.3. The lowest BCUT2D eigenvalue weighted by Crippen LogP contribution is -2.14. The van der Waals surface area contributed by atoms with Crippen molar-refractivity contribution in [1.82, 2.24) is 4.98 Å². The Morgan fingerprint density at radius 2 is 1.69 bits per heavy atom. The third-order valence-electron chi connectivity index (χ3n) is 3.75. The molecule has 0 aliphatic carbocycles. The van der Waals surface area contributed by atoms with Gasteiger partial charge in [0.15, 0.2) is 0 Å². The zero-order valence-electron chi connectivity index (χ0n) is 14.5. The van der Waals surface area contributed by atoms with Gasteiger partial charge in [-0.25, -0.2) is 4.98 Å². The van der Waals surface area contributed by atoms with Crippen LogP contribution in [0.25, 0.3) is 0 Å². The SMILES string of the molecule is CN(C)c1ccc(NC(=O)c2ccc(Nc3cccc(Cl)c3)cn2)cc1. The highest BCUT2D eigenvalue weighted by Gasteiger charge is 2.08. The first-order chi connectivity index (χ1) is 12.5. The molecule has 3 rings (SSSR count). The maximum atomic E-state index is 12.3. The number of nitrogens with one attached hydrogen (secondary N) is 2. The van der Waals surface area contributed by atoms with E-state index in [1.54, 1.807) is 18.3 Å². The van der Waals surface area contributed by atoms with E-state index in [2.05, 4.69) is 15.6 Å². The van der Waals surface area contributed by atoms with Gasteiger partial charge in [0.25, 0.3) is 5.91 Å². The average molecular weight is 367 g/mol. The van der Waals surface area contributed by atoms with Crippen molar-refractivity contribution in [3.8, 4) is 0 Å². The summed E-state index contributed by atoms with van der Waals surface area (Å²) in [7, 11) is 3.94. The van der Waals surface area contributed by atoms with E-state index in [-0.39, 0.29) is 5.91 Å². The number of benzene rings is 2. The van der Waals surface area contributed by atoms with Crippen molar-refractivity contribution in [1.29, 1.82) is 0 Å². The fourth-order valence-electron chi connectivity index (χ4n) is 2.37. The van der Waals surface area contributed by atoms with Crippen LogP contribution in [-0.2, 0) is 0 Å². The van der Waals surface area contributed by atoms with Crippen LogP contribution in [0.15, 0.2) is 66.9 Å². The molecule has 0 saturated heterocycles. The minimum atomic E-state index is -0.253. The number of nitrogens with zero attached hydrogens (tertiary/aromatic N) is 2. The average Bonchev–Trinajstić information content (AvgIpc) is 2.63. The number of hydrogen-bond acceptors (Lipinski definition) is 4. The van der Waals surface area contributed by atoms with E-state index in [0.717, 1.165) is 22.7 Å². The number of anilines is 4. The van der Waals surface area contributed by atoms with Crippen molar-refractivity contribution in [2.45, 2.75) is 0 Å². The summed E-state index contributed by atoms with van der Waals surface area (Å²) in [4.78, 5) is 18.5. The van der Waals surface area contributed by atoms with Crippen molar-refractivity contribution in [2.24, 2.45) is 0 Å². The molecule has 2 N–H and O–H groups in total. The second kappa shape index (κ2) is 7.89. The van der Waals surface area contributed by atoms with Gasteiger partial charge in [-0.05, 0) is 54.6 Å². The number of aromatic nitrogens is 1. The Kier molecular flexibility index (Phi) is 5.39. The molecule has 0 bridgehead atoms. The van der Waals surface area contributed by atoms with E-state index >= 15 is 0 Å². The van der Waals surface area contributed by atoms with Gasteiger partial charge in [0.05, 0.1) is 11.9 Å². The topological polar surface area (TPSA) is 57.3 Å². The highest BCUT2D eigenvalue weighted by molar-refractivity contribution is 6.30. The molecular weight excluding hydrogens is 348 g/mol. The molecule has 0 unspecified atom stereocenters. The van der Waals surface area contributed by atoms with E-state index in [0.29, 0.717) is 10.7 Å². The van der Waals surface area contributed by atoms with Crippen molar-refractivity contribution in [2.75, 3.05) is 29.6 Å².